The summed E-state index contributed by atoms with van der Waals surface area (Å²) in [5, 5.41) is 4.94. The minimum Gasteiger partial charge on any atom is -0.399 e. The molecule has 2 aromatic heterocycles. The number of aromatic nitrogens is 3. The Balaban J connectivity index is 1.92. The van der Waals surface area contributed by atoms with Gasteiger partial charge in [-0.05, 0) is 58.0 Å². The molecule has 0 N–H and O–H groups in total. The summed E-state index contributed by atoms with van der Waals surface area (Å²) >= 11 is 0. The average molecular weight is 429 g/mol. The van der Waals surface area contributed by atoms with Crippen LogP contribution in [0, 0.1) is 0 Å². The second-order valence-corrected chi connectivity index (χ2v) is 13.8. The zero-order valence-corrected chi connectivity index (χ0v) is 19.0. The fourth-order valence-corrected chi connectivity index (χ4v) is 3.54. The zero-order valence-electron chi connectivity index (χ0n) is 18.2. The van der Waals surface area contributed by atoms with Gasteiger partial charge in [0.1, 0.15) is 12.4 Å². The number of hydrogen-bond donors (Lipinski definition) is 0. The number of ether oxygens (including phenoxy) is 1. The molecule has 0 unspecified atom stereocenters. The van der Waals surface area contributed by atoms with E-state index in [1.807, 2.05) is 27.7 Å². The molecule has 6 nitrogen and oxygen atoms in total. The lowest BCUT2D eigenvalue weighted by atomic mass is 9.77. The molecule has 1 saturated heterocycles. The van der Waals surface area contributed by atoms with Crippen LogP contribution in [0.2, 0.25) is 0 Å². The summed E-state index contributed by atoms with van der Waals surface area (Å²) in [4.78, 5) is 4.13. The molecule has 162 valence electrons. The van der Waals surface area contributed by atoms with Crippen molar-refractivity contribution in [2.24, 2.45) is 0 Å². The Morgan fingerprint density at radius 2 is 1.79 bits per heavy atom. The van der Waals surface area contributed by atoms with Crippen LogP contribution in [0.15, 0.2) is 12.3 Å². The van der Waals surface area contributed by atoms with E-state index >= 15 is 0 Å². The summed E-state index contributed by atoms with van der Waals surface area (Å²) in [5.41, 5.74) is -0.632. The van der Waals surface area contributed by atoms with Crippen molar-refractivity contribution in [2.75, 3.05) is 31.1 Å². The number of fused-ring (bicyclic) bond motifs is 1. The maximum Gasteiger partial charge on any atom is 0.495 e. The minimum atomic E-state index is -2.71. The van der Waals surface area contributed by atoms with Crippen LogP contribution in [-0.2, 0) is 20.8 Å². The van der Waals surface area contributed by atoms with Gasteiger partial charge in [-0.3, -0.25) is 0 Å². The van der Waals surface area contributed by atoms with Crippen molar-refractivity contribution in [3.8, 4) is 0 Å². The van der Waals surface area contributed by atoms with Crippen molar-refractivity contribution in [1.82, 2.24) is 14.8 Å². The number of rotatable bonds is 7. The first-order valence-electron chi connectivity index (χ1n) is 9.55. The van der Waals surface area contributed by atoms with E-state index in [1.165, 1.54) is 10.7 Å². The van der Waals surface area contributed by atoms with Crippen LogP contribution >= 0.6 is 10.0 Å². The lowest BCUT2D eigenvalue weighted by molar-refractivity contribution is 0.00578. The van der Waals surface area contributed by atoms with E-state index in [9.17, 15) is 8.78 Å². The van der Waals surface area contributed by atoms with Gasteiger partial charge in [0.05, 0.1) is 24.0 Å². The van der Waals surface area contributed by atoms with Gasteiger partial charge in [-0.25, -0.2) is 28.5 Å². The number of pyridine rings is 1. The highest BCUT2D eigenvalue weighted by Gasteiger charge is 2.52. The predicted molar refractivity (Wildman–Crippen MR) is 114 cm³/mol. The van der Waals surface area contributed by atoms with E-state index in [0.717, 1.165) is 5.75 Å². The molecule has 0 amide bonds. The lowest BCUT2D eigenvalue weighted by Gasteiger charge is -2.32. The highest BCUT2D eigenvalue weighted by atomic mass is 32.3. The second-order valence-electron chi connectivity index (χ2n) is 9.24. The van der Waals surface area contributed by atoms with Crippen LogP contribution in [0.3, 0.4) is 0 Å². The molecule has 10 heteroatoms. The third kappa shape index (κ3) is 4.76. The molecule has 29 heavy (non-hydrogen) atoms. The normalized spacial score (nSPS) is 19.4. The van der Waals surface area contributed by atoms with Gasteiger partial charge in [0.2, 0.25) is 0 Å². The molecule has 0 saturated carbocycles. The van der Waals surface area contributed by atoms with Crippen molar-refractivity contribution in [1.29, 1.82) is 0 Å². The standard InChI is InChI=1S/C19H30BF2N3O3S/c1-18(2)19(3,4)28-20(27-18)14-10-15(16(21)22)24-17-13(14)11-23-25(17)12-26-8-9-29(5,6)7/h10-11,16H,8-9,12H2,1-7H3. The van der Waals surface area contributed by atoms with E-state index in [-0.39, 0.29) is 12.4 Å². The van der Waals surface area contributed by atoms with Crippen LogP contribution < -0.4 is 5.46 Å². The topological polar surface area (TPSA) is 58.4 Å². The minimum absolute atomic E-state index is 0.154. The van der Waals surface area contributed by atoms with Gasteiger partial charge in [-0.15, -0.1) is 0 Å². The van der Waals surface area contributed by atoms with Crippen molar-refractivity contribution in [2.45, 2.75) is 52.1 Å². The summed E-state index contributed by atoms with van der Waals surface area (Å²) in [5.74, 6) is 0.959. The van der Waals surface area contributed by atoms with Gasteiger partial charge in [0, 0.05) is 11.1 Å². The van der Waals surface area contributed by atoms with Crippen LogP contribution in [0.5, 0.6) is 0 Å². The van der Waals surface area contributed by atoms with E-state index in [1.54, 1.807) is 6.20 Å². The number of alkyl halides is 2. The molecule has 0 aliphatic carbocycles. The van der Waals surface area contributed by atoms with Crippen LogP contribution in [0.1, 0.15) is 39.8 Å². The van der Waals surface area contributed by atoms with E-state index in [0.29, 0.717) is 23.1 Å². The van der Waals surface area contributed by atoms with Crippen LogP contribution in [0.4, 0.5) is 8.78 Å². The Labute approximate surface area is 172 Å². The highest BCUT2D eigenvalue weighted by molar-refractivity contribution is 8.32. The summed E-state index contributed by atoms with van der Waals surface area (Å²) in [6.07, 6.45) is 5.54. The van der Waals surface area contributed by atoms with E-state index in [4.69, 9.17) is 14.0 Å². The third-order valence-corrected chi connectivity index (χ3v) is 6.84. The van der Waals surface area contributed by atoms with Crippen molar-refractivity contribution < 1.29 is 22.8 Å². The summed E-state index contributed by atoms with van der Waals surface area (Å²) in [6, 6.07) is 1.35. The molecule has 1 fully saturated rings. The van der Waals surface area contributed by atoms with Gasteiger partial charge in [-0.2, -0.15) is 5.10 Å². The molecule has 1 aliphatic rings. The highest BCUT2D eigenvalue weighted by Crippen LogP contribution is 2.37. The Bertz CT molecular complexity index is 867. The fourth-order valence-electron chi connectivity index (χ4n) is 2.92. The summed E-state index contributed by atoms with van der Waals surface area (Å²) in [7, 11) is -1.44. The maximum atomic E-state index is 13.5. The Morgan fingerprint density at radius 1 is 1.17 bits per heavy atom. The Kier molecular flexibility index (Phi) is 6.04. The van der Waals surface area contributed by atoms with Crippen LogP contribution in [0.25, 0.3) is 11.0 Å². The number of hydrogen-bond acceptors (Lipinski definition) is 5. The molecular formula is C19H30BF2N3O3S. The molecule has 0 bridgehead atoms. The van der Waals surface area contributed by atoms with E-state index < -0.39 is 34.8 Å². The Morgan fingerprint density at radius 3 is 2.34 bits per heavy atom. The summed E-state index contributed by atoms with van der Waals surface area (Å²) < 4.78 is 46.5. The van der Waals surface area contributed by atoms with Gasteiger partial charge in [0.15, 0.2) is 5.65 Å². The molecule has 0 radical (unpaired) electrons. The molecule has 1 aliphatic heterocycles. The zero-order chi connectivity index (χ0) is 21.6. The molecule has 3 heterocycles. The predicted octanol–water partition coefficient (Wildman–Crippen LogP) is 3.34. The van der Waals surface area contributed by atoms with Gasteiger partial charge < -0.3 is 14.0 Å². The smallest absolute Gasteiger partial charge is 0.399 e. The van der Waals surface area contributed by atoms with Crippen molar-refractivity contribution in [3.63, 3.8) is 0 Å². The monoisotopic (exact) mass is 429 g/mol. The summed E-state index contributed by atoms with van der Waals surface area (Å²) in [6.45, 7) is 8.43. The first-order valence-corrected chi connectivity index (χ1v) is 12.6. The lowest BCUT2D eigenvalue weighted by Crippen LogP contribution is -2.41. The molecule has 2 aromatic rings. The quantitative estimate of drug-likeness (QED) is 0.499. The molecular weight excluding hydrogens is 399 g/mol. The SMILES string of the molecule is CC1(C)OB(c2cc(C(F)F)nc3c2cnn3COCCS(C)(C)C)OC1(C)C. The molecule has 0 spiro atoms. The Hall–Kier alpha value is -1.23. The van der Waals surface area contributed by atoms with Gasteiger partial charge in [-0.1, -0.05) is 0 Å². The molecule has 0 aromatic carbocycles. The average Bonchev–Trinajstić information content (AvgIpc) is 3.07. The molecule has 0 atom stereocenters. The maximum absolute atomic E-state index is 13.5. The number of halogens is 2. The third-order valence-electron chi connectivity index (χ3n) is 5.45. The number of nitrogens with zero attached hydrogens (tertiary/aromatic N) is 3. The van der Waals surface area contributed by atoms with Crippen molar-refractivity contribution >= 4 is 33.6 Å². The fraction of sp³-hybridized carbons (Fsp3) is 0.684. The van der Waals surface area contributed by atoms with E-state index in [2.05, 4.69) is 28.8 Å². The van der Waals surface area contributed by atoms with Crippen molar-refractivity contribution in [3.05, 3.63) is 18.0 Å². The van der Waals surface area contributed by atoms with Crippen LogP contribution in [-0.4, -0.2) is 64.2 Å². The first kappa shape index (κ1) is 22.5. The second kappa shape index (κ2) is 7.79. The largest absolute Gasteiger partial charge is 0.495 e. The molecule has 3 rings (SSSR count). The van der Waals surface area contributed by atoms with Gasteiger partial charge >= 0.3 is 7.12 Å². The van der Waals surface area contributed by atoms with Gasteiger partial charge in [0.25, 0.3) is 6.43 Å². The first-order chi connectivity index (χ1) is 13.3.